The van der Waals surface area contributed by atoms with E-state index in [1.807, 2.05) is 12.1 Å². The summed E-state index contributed by atoms with van der Waals surface area (Å²) < 4.78 is 13.1. The van der Waals surface area contributed by atoms with E-state index in [1.54, 1.807) is 11.9 Å². The topological polar surface area (TPSA) is 52.6 Å². The van der Waals surface area contributed by atoms with Gasteiger partial charge in [-0.05, 0) is 49.3 Å². The van der Waals surface area contributed by atoms with E-state index in [2.05, 4.69) is 5.32 Å². The number of hydrogen-bond acceptors (Lipinski definition) is 2. The predicted molar refractivity (Wildman–Crippen MR) is 86.7 cm³/mol. The molecule has 0 spiro atoms. The summed E-state index contributed by atoms with van der Waals surface area (Å²) in [6, 6.07) is 6.52. The normalized spacial score (nSPS) is 25.2. The van der Waals surface area contributed by atoms with Crippen LogP contribution in [0.4, 0.5) is 9.18 Å². The number of likely N-dealkylation sites (N-methyl/N-ethyl adjacent to an activating group) is 1. The van der Waals surface area contributed by atoms with Crippen molar-refractivity contribution in [2.75, 3.05) is 13.6 Å². The molecule has 1 aromatic rings. The molecule has 2 aliphatic rings. The molecule has 126 valence electrons. The lowest BCUT2D eigenvalue weighted by Gasteiger charge is -2.26. The molecular weight excluding hydrogens is 295 g/mol. The Morgan fingerprint density at radius 3 is 2.65 bits per heavy atom. The van der Waals surface area contributed by atoms with Crippen LogP contribution in [-0.4, -0.2) is 41.8 Å². The average Bonchev–Trinajstić information content (AvgIpc) is 3.29. The van der Waals surface area contributed by atoms with E-state index in [1.165, 1.54) is 12.1 Å². The first-order valence-electron chi connectivity index (χ1n) is 8.49. The number of benzene rings is 1. The molecule has 2 N–H and O–H groups in total. The number of aliphatic hydroxyl groups is 1. The lowest BCUT2D eigenvalue weighted by Crippen LogP contribution is -2.46. The number of halogens is 1. The monoisotopic (exact) mass is 320 g/mol. The molecule has 2 saturated carbocycles. The number of nitrogens with zero attached hydrogens (tertiary/aromatic N) is 1. The molecule has 5 heteroatoms. The van der Waals surface area contributed by atoms with Gasteiger partial charge in [-0.1, -0.05) is 18.6 Å². The zero-order chi connectivity index (χ0) is 16.4. The molecule has 3 atom stereocenters. The fraction of sp³-hybridized carbons (Fsp3) is 0.611. The van der Waals surface area contributed by atoms with Crippen molar-refractivity contribution in [3.8, 4) is 0 Å². The SMILES string of the molecule is CN(C[C@H](O)C1CC1)C(=O)N[C@@H]1CCC[C@@H]1c1ccc(F)cc1. The largest absolute Gasteiger partial charge is 0.391 e. The molecule has 0 aliphatic heterocycles. The summed E-state index contributed by atoms with van der Waals surface area (Å²) in [5.41, 5.74) is 1.08. The number of aliphatic hydroxyl groups excluding tert-OH is 1. The Morgan fingerprint density at radius 1 is 1.30 bits per heavy atom. The molecule has 0 radical (unpaired) electrons. The third kappa shape index (κ3) is 4.02. The highest BCUT2D eigenvalue weighted by Crippen LogP contribution is 2.35. The molecule has 3 rings (SSSR count). The number of urea groups is 1. The summed E-state index contributed by atoms with van der Waals surface area (Å²) in [6.45, 7) is 0.379. The van der Waals surface area contributed by atoms with Crippen molar-refractivity contribution in [2.24, 2.45) is 5.92 Å². The van der Waals surface area contributed by atoms with Crippen LogP contribution in [0.15, 0.2) is 24.3 Å². The second-order valence-corrected chi connectivity index (χ2v) is 6.93. The van der Waals surface area contributed by atoms with Crippen molar-refractivity contribution in [1.29, 1.82) is 0 Å². The standard InChI is InChI=1S/C18H25FN2O2/c1-21(11-17(22)13-5-6-13)18(23)20-16-4-2-3-15(16)12-7-9-14(19)10-8-12/h7-10,13,15-17,22H,2-6,11H2,1H3,(H,20,23)/t15-,16-,17+/m1/s1. The van der Waals surface area contributed by atoms with Crippen LogP contribution in [0.2, 0.25) is 0 Å². The first kappa shape index (κ1) is 16.2. The van der Waals surface area contributed by atoms with Crippen molar-refractivity contribution in [3.05, 3.63) is 35.6 Å². The minimum Gasteiger partial charge on any atom is -0.391 e. The van der Waals surface area contributed by atoms with Gasteiger partial charge in [-0.3, -0.25) is 0 Å². The van der Waals surface area contributed by atoms with Gasteiger partial charge in [0.2, 0.25) is 0 Å². The van der Waals surface area contributed by atoms with Crippen LogP contribution < -0.4 is 5.32 Å². The number of amides is 2. The number of rotatable bonds is 5. The van der Waals surface area contributed by atoms with Crippen LogP contribution in [0.1, 0.15) is 43.6 Å². The Bertz CT molecular complexity index is 544. The number of carbonyl (C=O) groups is 1. The minimum atomic E-state index is -0.415. The lowest BCUT2D eigenvalue weighted by molar-refractivity contribution is 0.112. The highest BCUT2D eigenvalue weighted by Gasteiger charge is 2.33. The fourth-order valence-electron chi connectivity index (χ4n) is 3.50. The van der Waals surface area contributed by atoms with E-state index in [0.717, 1.165) is 37.7 Å². The van der Waals surface area contributed by atoms with Gasteiger partial charge in [-0.25, -0.2) is 9.18 Å². The molecule has 0 heterocycles. The van der Waals surface area contributed by atoms with Gasteiger partial charge in [-0.15, -0.1) is 0 Å². The van der Waals surface area contributed by atoms with Crippen LogP contribution in [0, 0.1) is 11.7 Å². The van der Waals surface area contributed by atoms with Crippen LogP contribution in [0.3, 0.4) is 0 Å². The van der Waals surface area contributed by atoms with Gasteiger partial charge in [0, 0.05) is 25.6 Å². The van der Waals surface area contributed by atoms with Gasteiger partial charge >= 0.3 is 6.03 Å². The number of carbonyl (C=O) groups excluding carboxylic acids is 1. The van der Waals surface area contributed by atoms with Gasteiger partial charge in [0.25, 0.3) is 0 Å². The zero-order valence-corrected chi connectivity index (χ0v) is 13.5. The lowest BCUT2D eigenvalue weighted by atomic mass is 9.94. The second-order valence-electron chi connectivity index (χ2n) is 6.93. The zero-order valence-electron chi connectivity index (χ0n) is 13.5. The van der Waals surface area contributed by atoms with E-state index in [4.69, 9.17) is 0 Å². The van der Waals surface area contributed by atoms with Crippen LogP contribution in [0.25, 0.3) is 0 Å². The summed E-state index contributed by atoms with van der Waals surface area (Å²) in [5, 5.41) is 13.1. The maximum atomic E-state index is 13.1. The summed E-state index contributed by atoms with van der Waals surface area (Å²) in [4.78, 5) is 13.9. The summed E-state index contributed by atoms with van der Waals surface area (Å²) >= 11 is 0. The highest BCUT2D eigenvalue weighted by atomic mass is 19.1. The summed E-state index contributed by atoms with van der Waals surface area (Å²) in [5.74, 6) is 0.367. The van der Waals surface area contributed by atoms with Crippen molar-refractivity contribution in [2.45, 2.75) is 50.2 Å². The third-order valence-corrected chi connectivity index (χ3v) is 5.10. The van der Waals surface area contributed by atoms with Crippen molar-refractivity contribution >= 4 is 6.03 Å². The third-order valence-electron chi connectivity index (χ3n) is 5.10. The predicted octanol–water partition coefficient (Wildman–Crippen LogP) is 2.87. The van der Waals surface area contributed by atoms with Gasteiger partial charge in [0.05, 0.1) is 6.10 Å². The molecule has 2 aliphatic carbocycles. The molecule has 2 amide bonds. The van der Waals surface area contributed by atoms with Gasteiger partial charge in [0.1, 0.15) is 5.82 Å². The van der Waals surface area contributed by atoms with Crippen molar-refractivity contribution in [3.63, 3.8) is 0 Å². The molecule has 0 aromatic heterocycles. The van der Waals surface area contributed by atoms with E-state index < -0.39 is 6.10 Å². The number of nitrogens with one attached hydrogen (secondary N) is 1. The fourth-order valence-corrected chi connectivity index (χ4v) is 3.50. The summed E-state index contributed by atoms with van der Waals surface area (Å²) in [7, 11) is 1.72. The Morgan fingerprint density at radius 2 is 2.00 bits per heavy atom. The maximum absolute atomic E-state index is 13.1. The Kier molecular flexibility index (Phi) is 4.85. The van der Waals surface area contributed by atoms with E-state index in [-0.39, 0.29) is 23.8 Å². The van der Waals surface area contributed by atoms with Crippen LogP contribution in [-0.2, 0) is 0 Å². The first-order valence-corrected chi connectivity index (χ1v) is 8.49. The van der Waals surface area contributed by atoms with Gasteiger partial charge in [0.15, 0.2) is 0 Å². The van der Waals surface area contributed by atoms with Gasteiger partial charge < -0.3 is 15.3 Å². The molecule has 2 fully saturated rings. The Labute approximate surface area is 136 Å². The maximum Gasteiger partial charge on any atom is 0.317 e. The molecule has 23 heavy (non-hydrogen) atoms. The van der Waals surface area contributed by atoms with Gasteiger partial charge in [-0.2, -0.15) is 0 Å². The second kappa shape index (κ2) is 6.87. The van der Waals surface area contributed by atoms with E-state index >= 15 is 0 Å². The van der Waals surface area contributed by atoms with E-state index in [9.17, 15) is 14.3 Å². The molecular formula is C18H25FN2O2. The first-order chi connectivity index (χ1) is 11.0. The van der Waals surface area contributed by atoms with Crippen LogP contribution >= 0.6 is 0 Å². The smallest absolute Gasteiger partial charge is 0.317 e. The highest BCUT2D eigenvalue weighted by molar-refractivity contribution is 5.74. The Balaban J connectivity index is 1.57. The average molecular weight is 320 g/mol. The minimum absolute atomic E-state index is 0.0773. The Hall–Kier alpha value is -1.62. The van der Waals surface area contributed by atoms with Crippen LogP contribution in [0.5, 0.6) is 0 Å². The molecule has 0 bridgehead atoms. The van der Waals surface area contributed by atoms with Crippen molar-refractivity contribution < 1.29 is 14.3 Å². The number of hydrogen-bond donors (Lipinski definition) is 2. The van der Waals surface area contributed by atoms with E-state index in [0.29, 0.717) is 12.5 Å². The molecule has 0 saturated heterocycles. The molecule has 1 aromatic carbocycles. The van der Waals surface area contributed by atoms with Crippen molar-refractivity contribution in [1.82, 2.24) is 10.2 Å². The quantitative estimate of drug-likeness (QED) is 0.876. The molecule has 0 unspecified atom stereocenters. The molecule has 4 nitrogen and oxygen atoms in total. The summed E-state index contributed by atoms with van der Waals surface area (Å²) in [6.07, 6.45) is 4.71.